The quantitative estimate of drug-likeness (QED) is 0.207. The highest BCUT2D eigenvalue weighted by atomic mass is 32.2. The zero-order valence-corrected chi connectivity index (χ0v) is 23.1. The summed E-state index contributed by atoms with van der Waals surface area (Å²) in [5, 5.41) is 14.5. The van der Waals surface area contributed by atoms with Gasteiger partial charge in [-0.1, -0.05) is 66.2 Å². The second-order valence-electron chi connectivity index (χ2n) is 9.24. The zero-order chi connectivity index (χ0) is 28.9. The van der Waals surface area contributed by atoms with Crippen molar-refractivity contribution < 1.29 is 22.9 Å². The van der Waals surface area contributed by atoms with Crippen LogP contribution in [0, 0.1) is 24.0 Å². The number of hydrogen-bond acceptors (Lipinski definition) is 6. The molecule has 10 heteroatoms. The van der Waals surface area contributed by atoms with Crippen LogP contribution in [0.1, 0.15) is 28.3 Å². The number of sulfonamides is 1. The van der Waals surface area contributed by atoms with Gasteiger partial charge in [-0.3, -0.25) is 19.2 Å². The first-order valence-electron chi connectivity index (χ1n) is 12.4. The van der Waals surface area contributed by atoms with E-state index in [0.29, 0.717) is 11.3 Å². The van der Waals surface area contributed by atoms with Crippen LogP contribution in [0.4, 0.5) is 11.4 Å². The number of benzene rings is 4. The van der Waals surface area contributed by atoms with Crippen molar-refractivity contribution in [2.24, 2.45) is 0 Å². The summed E-state index contributed by atoms with van der Waals surface area (Å²) in [5.41, 5.74) is 2.87. The minimum atomic E-state index is -4.39. The Bertz CT molecular complexity index is 1620. The lowest BCUT2D eigenvalue weighted by atomic mass is 9.97. The van der Waals surface area contributed by atoms with Crippen LogP contribution in [0.2, 0.25) is 0 Å². The second-order valence-corrected chi connectivity index (χ2v) is 11.1. The molecular weight excluding hydrogens is 530 g/mol. The molecule has 0 radical (unpaired) electrons. The molecule has 0 saturated carbocycles. The Balaban J connectivity index is 1.73. The third-order valence-corrected chi connectivity index (χ3v) is 8.20. The number of nitrogens with one attached hydrogen (secondary N) is 1. The molecule has 4 rings (SSSR count). The van der Waals surface area contributed by atoms with Gasteiger partial charge in [-0.2, -0.15) is 0 Å². The summed E-state index contributed by atoms with van der Waals surface area (Å²) in [7, 11) is -2.90. The van der Waals surface area contributed by atoms with E-state index in [2.05, 4.69) is 5.32 Å². The van der Waals surface area contributed by atoms with Gasteiger partial charge in [0.15, 0.2) is 0 Å². The average molecular weight is 560 g/mol. The molecule has 0 saturated heterocycles. The minimum Gasteiger partial charge on any atom is -0.497 e. The molecule has 206 valence electrons. The van der Waals surface area contributed by atoms with Crippen molar-refractivity contribution in [1.29, 1.82) is 0 Å². The van der Waals surface area contributed by atoms with Gasteiger partial charge in [0.25, 0.3) is 15.7 Å². The normalized spacial score (nSPS) is 11.9. The first kappa shape index (κ1) is 28.3. The van der Waals surface area contributed by atoms with Crippen LogP contribution in [0.15, 0.2) is 102 Å². The Hall–Kier alpha value is -4.70. The van der Waals surface area contributed by atoms with Crippen molar-refractivity contribution in [3.05, 3.63) is 129 Å². The van der Waals surface area contributed by atoms with Crippen molar-refractivity contribution in [2.75, 3.05) is 18.0 Å². The Morgan fingerprint density at radius 1 is 0.925 bits per heavy atom. The number of methoxy groups -OCH3 is 1. The standard InChI is InChI=1S/C30H29N3O6S/c1-21-8-7-11-24(18-21)30(23-9-5-4-6-10-23)31-29(34)20-32(25-13-15-26(39-3)16-14-25)40(37,38)27-17-12-22(2)28(19-27)33(35)36/h4-19,30H,20H2,1-3H3,(H,31,34). The van der Waals surface area contributed by atoms with Crippen LogP contribution in [0.3, 0.4) is 0 Å². The Morgan fingerprint density at radius 3 is 2.23 bits per heavy atom. The predicted octanol–water partition coefficient (Wildman–Crippen LogP) is 5.32. The van der Waals surface area contributed by atoms with Crippen LogP contribution in [-0.4, -0.2) is 32.9 Å². The number of hydrogen-bond donors (Lipinski definition) is 1. The number of nitro benzene ring substituents is 1. The van der Waals surface area contributed by atoms with Gasteiger partial charge in [0.2, 0.25) is 5.91 Å². The summed E-state index contributed by atoms with van der Waals surface area (Å²) in [4.78, 5) is 24.1. The number of carbonyl (C=O) groups excluding carboxylic acids is 1. The number of carbonyl (C=O) groups is 1. The fourth-order valence-corrected chi connectivity index (χ4v) is 5.77. The zero-order valence-electron chi connectivity index (χ0n) is 22.3. The van der Waals surface area contributed by atoms with Crippen molar-refractivity contribution >= 4 is 27.3 Å². The van der Waals surface area contributed by atoms with Crippen molar-refractivity contribution in [2.45, 2.75) is 24.8 Å². The monoisotopic (exact) mass is 559 g/mol. The Kier molecular flexibility index (Phi) is 8.49. The molecule has 0 aliphatic carbocycles. The summed E-state index contributed by atoms with van der Waals surface area (Å²) in [6.45, 7) is 2.91. The van der Waals surface area contributed by atoms with Gasteiger partial charge in [0, 0.05) is 11.6 Å². The molecule has 1 atom stereocenters. The number of anilines is 1. The molecule has 1 amide bonds. The molecule has 4 aromatic carbocycles. The fraction of sp³-hybridized carbons (Fsp3) is 0.167. The lowest BCUT2D eigenvalue weighted by molar-refractivity contribution is -0.385. The average Bonchev–Trinajstić information content (AvgIpc) is 2.95. The Morgan fingerprint density at radius 2 is 1.60 bits per heavy atom. The van der Waals surface area contributed by atoms with Crippen molar-refractivity contribution in [1.82, 2.24) is 5.32 Å². The van der Waals surface area contributed by atoms with Gasteiger partial charge in [-0.15, -0.1) is 0 Å². The highest BCUT2D eigenvalue weighted by Gasteiger charge is 2.30. The summed E-state index contributed by atoms with van der Waals surface area (Å²) in [6, 6.07) is 26.4. The molecule has 1 unspecified atom stereocenters. The summed E-state index contributed by atoms with van der Waals surface area (Å²) in [5.74, 6) is -0.0588. The van der Waals surface area contributed by atoms with Gasteiger partial charge in [0.1, 0.15) is 12.3 Å². The minimum absolute atomic E-state index is 0.200. The van der Waals surface area contributed by atoms with Gasteiger partial charge >= 0.3 is 0 Å². The topological polar surface area (TPSA) is 119 Å². The smallest absolute Gasteiger partial charge is 0.273 e. The van der Waals surface area contributed by atoms with Gasteiger partial charge in [0.05, 0.1) is 28.7 Å². The molecule has 0 fully saturated rings. The highest BCUT2D eigenvalue weighted by molar-refractivity contribution is 7.92. The second kappa shape index (κ2) is 12.0. The van der Waals surface area contributed by atoms with Gasteiger partial charge in [-0.25, -0.2) is 8.42 Å². The Labute approximate surface area is 233 Å². The summed E-state index contributed by atoms with van der Waals surface area (Å²) >= 11 is 0. The molecule has 0 aliphatic heterocycles. The van der Waals surface area contributed by atoms with E-state index < -0.39 is 33.4 Å². The molecule has 1 N–H and O–H groups in total. The van der Waals surface area contributed by atoms with Crippen LogP contribution < -0.4 is 14.4 Å². The van der Waals surface area contributed by atoms with E-state index in [1.54, 1.807) is 12.1 Å². The van der Waals surface area contributed by atoms with Crippen LogP contribution in [-0.2, 0) is 14.8 Å². The number of ether oxygens (including phenoxy) is 1. The van der Waals surface area contributed by atoms with Crippen LogP contribution in [0.25, 0.3) is 0 Å². The SMILES string of the molecule is COc1ccc(N(CC(=O)NC(c2ccccc2)c2cccc(C)c2)S(=O)(=O)c2ccc(C)c([N+](=O)[O-])c2)cc1. The third kappa shape index (κ3) is 6.29. The molecule has 0 heterocycles. The summed E-state index contributed by atoms with van der Waals surface area (Å²) in [6.07, 6.45) is 0. The van der Waals surface area contributed by atoms with E-state index >= 15 is 0 Å². The highest BCUT2D eigenvalue weighted by Crippen LogP contribution is 2.29. The van der Waals surface area contributed by atoms with Crippen molar-refractivity contribution in [3.63, 3.8) is 0 Å². The maximum absolute atomic E-state index is 13.9. The van der Waals surface area contributed by atoms with Crippen LogP contribution in [0.5, 0.6) is 5.75 Å². The van der Waals surface area contributed by atoms with Gasteiger partial charge in [-0.05, 0) is 55.3 Å². The molecule has 9 nitrogen and oxygen atoms in total. The lowest BCUT2D eigenvalue weighted by Gasteiger charge is -2.26. The molecule has 4 aromatic rings. The number of rotatable bonds is 10. The van der Waals surface area contributed by atoms with E-state index in [9.17, 15) is 23.3 Å². The number of amides is 1. The predicted molar refractivity (Wildman–Crippen MR) is 153 cm³/mol. The number of aryl methyl sites for hydroxylation is 2. The van der Waals surface area contributed by atoms with Crippen molar-refractivity contribution in [3.8, 4) is 5.75 Å². The molecular formula is C30H29N3O6S. The maximum Gasteiger partial charge on any atom is 0.273 e. The molecule has 0 aliphatic rings. The van der Waals surface area contributed by atoms with E-state index in [-0.39, 0.29) is 16.3 Å². The molecule has 0 spiro atoms. The van der Waals surface area contributed by atoms with E-state index in [4.69, 9.17) is 4.74 Å². The molecule has 0 aromatic heterocycles. The lowest BCUT2D eigenvalue weighted by Crippen LogP contribution is -2.42. The fourth-order valence-electron chi connectivity index (χ4n) is 4.33. The number of nitrogens with zero attached hydrogens (tertiary/aromatic N) is 2. The molecule has 40 heavy (non-hydrogen) atoms. The molecule has 0 bridgehead atoms. The van der Waals surface area contributed by atoms with E-state index in [0.717, 1.165) is 27.1 Å². The largest absolute Gasteiger partial charge is 0.497 e. The van der Waals surface area contributed by atoms with Gasteiger partial charge < -0.3 is 10.1 Å². The summed E-state index contributed by atoms with van der Waals surface area (Å²) < 4.78 is 33.9. The number of nitro groups is 1. The van der Waals surface area contributed by atoms with E-state index in [1.807, 2.05) is 61.5 Å². The maximum atomic E-state index is 13.9. The third-order valence-electron chi connectivity index (χ3n) is 6.43. The first-order valence-corrected chi connectivity index (χ1v) is 13.9. The van der Waals surface area contributed by atoms with E-state index in [1.165, 1.54) is 38.3 Å². The first-order chi connectivity index (χ1) is 19.1. The van der Waals surface area contributed by atoms with Crippen LogP contribution >= 0.6 is 0 Å².